The number of sulfonamides is 1. The van der Waals surface area contributed by atoms with E-state index < -0.39 is 25.1 Å². The van der Waals surface area contributed by atoms with Crippen LogP contribution in [0.2, 0.25) is 0 Å². The van der Waals surface area contributed by atoms with Gasteiger partial charge in [0, 0.05) is 19.6 Å². The SMILES string of the molecule is CN(CC1CC(N)C1)S(=O)(=O)C1CCS(=O)(=O)CC1. The molecule has 0 unspecified atom stereocenters. The number of nitrogens with two attached hydrogens (primary N) is 1. The summed E-state index contributed by atoms with van der Waals surface area (Å²) in [4.78, 5) is 0. The van der Waals surface area contributed by atoms with Crippen LogP contribution in [0.3, 0.4) is 0 Å². The smallest absolute Gasteiger partial charge is 0.216 e. The quantitative estimate of drug-likeness (QED) is 0.759. The first-order valence-electron chi connectivity index (χ1n) is 6.62. The van der Waals surface area contributed by atoms with Crippen LogP contribution in [0.5, 0.6) is 0 Å². The van der Waals surface area contributed by atoms with Crippen LogP contribution in [0.4, 0.5) is 0 Å². The van der Waals surface area contributed by atoms with Crippen LogP contribution in [0.15, 0.2) is 0 Å². The summed E-state index contributed by atoms with van der Waals surface area (Å²) in [7, 11) is -4.81. The van der Waals surface area contributed by atoms with E-state index >= 15 is 0 Å². The van der Waals surface area contributed by atoms with Crippen molar-refractivity contribution in [1.29, 1.82) is 0 Å². The van der Waals surface area contributed by atoms with Crippen molar-refractivity contribution in [2.24, 2.45) is 11.7 Å². The minimum Gasteiger partial charge on any atom is -0.328 e. The molecule has 6 nitrogen and oxygen atoms in total. The second kappa shape index (κ2) is 5.31. The molecule has 2 aliphatic rings. The van der Waals surface area contributed by atoms with E-state index in [9.17, 15) is 16.8 Å². The molecule has 0 aromatic carbocycles. The normalized spacial score (nSPS) is 32.2. The van der Waals surface area contributed by atoms with Gasteiger partial charge in [-0.15, -0.1) is 0 Å². The van der Waals surface area contributed by atoms with Gasteiger partial charge in [-0.3, -0.25) is 0 Å². The van der Waals surface area contributed by atoms with Crippen molar-refractivity contribution in [3.63, 3.8) is 0 Å². The van der Waals surface area contributed by atoms with Gasteiger partial charge in [-0.05, 0) is 31.6 Å². The maximum Gasteiger partial charge on any atom is 0.216 e. The van der Waals surface area contributed by atoms with Crippen LogP contribution in [-0.4, -0.2) is 57.5 Å². The molecule has 19 heavy (non-hydrogen) atoms. The third-order valence-electron chi connectivity index (χ3n) is 4.14. The van der Waals surface area contributed by atoms with E-state index in [1.807, 2.05) is 0 Å². The molecule has 0 amide bonds. The Bertz CT molecular complexity index is 509. The Labute approximate surface area is 115 Å². The lowest BCUT2D eigenvalue weighted by Crippen LogP contribution is -2.46. The summed E-state index contributed by atoms with van der Waals surface area (Å²) in [5, 5.41) is -0.547. The van der Waals surface area contributed by atoms with Gasteiger partial charge in [0.1, 0.15) is 9.84 Å². The third kappa shape index (κ3) is 3.48. The van der Waals surface area contributed by atoms with E-state index in [-0.39, 0.29) is 30.4 Å². The first-order chi connectivity index (χ1) is 8.71. The first kappa shape index (κ1) is 15.2. The summed E-state index contributed by atoms with van der Waals surface area (Å²) in [6.45, 7) is 0.499. The predicted molar refractivity (Wildman–Crippen MR) is 73.9 cm³/mol. The summed E-state index contributed by atoms with van der Waals surface area (Å²) in [6.07, 6.45) is 2.19. The molecule has 112 valence electrons. The van der Waals surface area contributed by atoms with Crippen molar-refractivity contribution >= 4 is 19.9 Å². The van der Waals surface area contributed by atoms with Crippen LogP contribution in [-0.2, 0) is 19.9 Å². The van der Waals surface area contributed by atoms with Gasteiger partial charge in [-0.1, -0.05) is 0 Å². The van der Waals surface area contributed by atoms with Crippen molar-refractivity contribution < 1.29 is 16.8 Å². The van der Waals surface area contributed by atoms with Crippen molar-refractivity contribution in [2.75, 3.05) is 25.1 Å². The number of hydrogen-bond acceptors (Lipinski definition) is 5. The minimum atomic E-state index is -3.37. The van der Waals surface area contributed by atoms with E-state index in [1.165, 1.54) is 4.31 Å². The first-order valence-corrected chi connectivity index (χ1v) is 9.94. The fraction of sp³-hybridized carbons (Fsp3) is 1.00. The zero-order valence-electron chi connectivity index (χ0n) is 11.2. The Morgan fingerprint density at radius 1 is 1.21 bits per heavy atom. The molecular weight excluding hydrogens is 288 g/mol. The highest BCUT2D eigenvalue weighted by Gasteiger charge is 2.37. The van der Waals surface area contributed by atoms with Crippen LogP contribution < -0.4 is 5.73 Å². The van der Waals surface area contributed by atoms with Crippen molar-refractivity contribution in [3.8, 4) is 0 Å². The molecular formula is C11H22N2O4S2. The maximum absolute atomic E-state index is 12.4. The van der Waals surface area contributed by atoms with Crippen molar-refractivity contribution in [1.82, 2.24) is 4.31 Å². The molecule has 0 aromatic heterocycles. The lowest BCUT2D eigenvalue weighted by atomic mass is 9.81. The molecule has 1 heterocycles. The molecule has 0 radical (unpaired) electrons. The van der Waals surface area contributed by atoms with E-state index in [1.54, 1.807) is 7.05 Å². The van der Waals surface area contributed by atoms with E-state index in [0.29, 0.717) is 12.5 Å². The molecule has 0 aromatic rings. The monoisotopic (exact) mass is 310 g/mol. The van der Waals surface area contributed by atoms with Crippen LogP contribution in [0.1, 0.15) is 25.7 Å². The summed E-state index contributed by atoms with van der Waals surface area (Å²) in [5.41, 5.74) is 5.69. The van der Waals surface area contributed by atoms with Gasteiger partial charge in [0.15, 0.2) is 0 Å². The standard InChI is InChI=1S/C11H22N2O4S2/c1-13(8-9-6-10(12)7-9)19(16,17)11-2-4-18(14,15)5-3-11/h9-11H,2-8,12H2,1H3. The van der Waals surface area contributed by atoms with Gasteiger partial charge < -0.3 is 5.73 Å². The number of sulfone groups is 1. The topological polar surface area (TPSA) is 97.5 Å². The second-order valence-corrected chi connectivity index (χ2v) is 10.4. The highest BCUT2D eigenvalue weighted by Crippen LogP contribution is 2.28. The predicted octanol–water partition coefficient (Wildman–Crippen LogP) is -0.437. The van der Waals surface area contributed by atoms with E-state index in [2.05, 4.69) is 0 Å². The average molecular weight is 310 g/mol. The molecule has 8 heteroatoms. The molecule has 1 aliphatic heterocycles. The van der Waals surface area contributed by atoms with Gasteiger partial charge in [-0.2, -0.15) is 0 Å². The molecule has 2 fully saturated rings. The summed E-state index contributed by atoms with van der Waals surface area (Å²) in [6, 6.07) is 0.209. The lowest BCUT2D eigenvalue weighted by molar-refractivity contribution is 0.226. The maximum atomic E-state index is 12.4. The van der Waals surface area contributed by atoms with Gasteiger partial charge in [-0.25, -0.2) is 21.1 Å². The zero-order valence-corrected chi connectivity index (χ0v) is 12.8. The second-order valence-electron chi connectivity index (χ2n) is 5.77. The van der Waals surface area contributed by atoms with E-state index in [0.717, 1.165) is 12.8 Å². The Morgan fingerprint density at radius 2 is 1.74 bits per heavy atom. The number of nitrogens with zero attached hydrogens (tertiary/aromatic N) is 1. The molecule has 2 rings (SSSR count). The van der Waals surface area contributed by atoms with Crippen LogP contribution >= 0.6 is 0 Å². The summed E-state index contributed by atoms with van der Waals surface area (Å²) >= 11 is 0. The molecule has 1 aliphatic carbocycles. The number of rotatable bonds is 4. The molecule has 1 saturated heterocycles. The molecule has 1 saturated carbocycles. The van der Waals surface area contributed by atoms with Crippen molar-refractivity contribution in [2.45, 2.75) is 37.0 Å². The summed E-state index contributed by atoms with van der Waals surface area (Å²) in [5.74, 6) is 0.319. The average Bonchev–Trinajstić information content (AvgIpc) is 2.26. The molecule has 0 bridgehead atoms. The molecule has 2 N–H and O–H groups in total. The Balaban J connectivity index is 1.94. The minimum absolute atomic E-state index is 0.0148. The molecule has 0 atom stereocenters. The Hall–Kier alpha value is -0.180. The van der Waals surface area contributed by atoms with Crippen molar-refractivity contribution in [3.05, 3.63) is 0 Å². The van der Waals surface area contributed by atoms with Gasteiger partial charge in [0.05, 0.1) is 16.8 Å². The van der Waals surface area contributed by atoms with Gasteiger partial charge in [0.25, 0.3) is 0 Å². The zero-order chi connectivity index (χ0) is 14.3. The van der Waals surface area contributed by atoms with E-state index in [4.69, 9.17) is 5.73 Å². The Morgan fingerprint density at radius 3 is 2.21 bits per heavy atom. The highest BCUT2D eigenvalue weighted by atomic mass is 32.2. The molecule has 0 spiro atoms. The largest absolute Gasteiger partial charge is 0.328 e. The van der Waals surface area contributed by atoms with Gasteiger partial charge in [0.2, 0.25) is 10.0 Å². The summed E-state index contributed by atoms with van der Waals surface area (Å²) < 4.78 is 48.8. The Kier molecular flexibility index (Phi) is 4.25. The highest BCUT2D eigenvalue weighted by molar-refractivity contribution is 7.92. The van der Waals surface area contributed by atoms with Crippen LogP contribution in [0.25, 0.3) is 0 Å². The van der Waals surface area contributed by atoms with Gasteiger partial charge >= 0.3 is 0 Å². The third-order valence-corrected chi connectivity index (χ3v) is 8.19. The fourth-order valence-corrected chi connectivity index (χ4v) is 6.37. The van der Waals surface area contributed by atoms with Crippen LogP contribution in [0, 0.1) is 5.92 Å². The number of hydrogen-bond donors (Lipinski definition) is 1. The lowest BCUT2D eigenvalue weighted by Gasteiger charge is -2.36. The fourth-order valence-electron chi connectivity index (χ4n) is 2.82.